The van der Waals surface area contributed by atoms with Crippen LogP contribution in [0.4, 0.5) is 0 Å². The predicted molar refractivity (Wildman–Crippen MR) is 90.3 cm³/mol. The Morgan fingerprint density at radius 1 is 0.900 bits per heavy atom. The van der Waals surface area contributed by atoms with Crippen LogP contribution in [0, 0.1) is 5.41 Å². The molecule has 1 fully saturated rings. The Hall–Kier alpha value is -0.0800. The fourth-order valence-corrected chi connectivity index (χ4v) is 3.32. The number of hydrogen-bond donors (Lipinski definition) is 1. The Morgan fingerprint density at radius 3 is 1.95 bits per heavy atom. The fourth-order valence-electron chi connectivity index (χ4n) is 3.32. The highest BCUT2D eigenvalue weighted by Crippen LogP contribution is 2.26. The molecule has 0 saturated carbocycles. The first kappa shape index (κ1) is 18.0. The van der Waals surface area contributed by atoms with Gasteiger partial charge >= 0.3 is 0 Å². The number of likely N-dealkylation sites (tertiary alicyclic amines) is 1. The van der Waals surface area contributed by atoms with Crippen LogP contribution >= 0.6 is 0 Å². The van der Waals surface area contributed by atoms with Gasteiger partial charge in [0.05, 0.1) is 0 Å². The van der Waals surface area contributed by atoms with E-state index in [-0.39, 0.29) is 5.54 Å². The Labute approximate surface area is 127 Å². The third kappa shape index (κ3) is 7.64. The van der Waals surface area contributed by atoms with E-state index in [0.717, 1.165) is 6.54 Å². The molecule has 1 N–H and O–H groups in total. The Kier molecular flexibility index (Phi) is 7.53. The summed E-state index contributed by atoms with van der Waals surface area (Å²) in [4.78, 5) is 2.74. The third-order valence-electron chi connectivity index (χ3n) is 4.45. The van der Waals surface area contributed by atoms with E-state index in [4.69, 9.17) is 0 Å². The van der Waals surface area contributed by atoms with Crippen molar-refractivity contribution in [3.8, 4) is 0 Å². The van der Waals surface area contributed by atoms with Crippen molar-refractivity contribution in [1.82, 2.24) is 10.2 Å². The van der Waals surface area contributed by atoms with Crippen molar-refractivity contribution in [3.63, 3.8) is 0 Å². The molecule has 2 heteroatoms. The Morgan fingerprint density at radius 2 is 1.45 bits per heavy atom. The summed E-state index contributed by atoms with van der Waals surface area (Å²) < 4.78 is 0. The van der Waals surface area contributed by atoms with E-state index in [2.05, 4.69) is 44.8 Å². The zero-order chi connectivity index (χ0) is 15.1. The van der Waals surface area contributed by atoms with Crippen molar-refractivity contribution in [2.75, 3.05) is 26.2 Å². The van der Waals surface area contributed by atoms with E-state index in [0.29, 0.717) is 5.41 Å². The largest absolute Gasteiger partial charge is 0.311 e. The number of hydrogen-bond acceptors (Lipinski definition) is 2. The van der Waals surface area contributed by atoms with Crippen LogP contribution in [0.2, 0.25) is 0 Å². The Balaban J connectivity index is 2.53. The molecule has 120 valence electrons. The van der Waals surface area contributed by atoms with Gasteiger partial charge in [-0.15, -0.1) is 0 Å². The van der Waals surface area contributed by atoms with Crippen molar-refractivity contribution in [1.29, 1.82) is 0 Å². The SMILES string of the molecule is CCCC(C)(CNC(C)(C)C)CN1CCCCCCC1. The van der Waals surface area contributed by atoms with Gasteiger partial charge in [-0.2, -0.15) is 0 Å². The molecule has 1 unspecified atom stereocenters. The zero-order valence-electron chi connectivity index (χ0n) is 14.7. The lowest BCUT2D eigenvalue weighted by molar-refractivity contribution is 0.132. The minimum absolute atomic E-state index is 0.227. The Bertz CT molecular complexity index is 249. The maximum Gasteiger partial charge on any atom is 0.00967 e. The van der Waals surface area contributed by atoms with Gasteiger partial charge in [-0.3, -0.25) is 0 Å². The molecule has 0 aromatic rings. The third-order valence-corrected chi connectivity index (χ3v) is 4.45. The van der Waals surface area contributed by atoms with Gasteiger partial charge in [0.25, 0.3) is 0 Å². The second kappa shape index (κ2) is 8.38. The summed E-state index contributed by atoms with van der Waals surface area (Å²) >= 11 is 0. The lowest BCUT2D eigenvalue weighted by atomic mass is 9.83. The molecule has 0 aliphatic carbocycles. The van der Waals surface area contributed by atoms with E-state index >= 15 is 0 Å². The molecule has 0 radical (unpaired) electrons. The molecule has 0 aromatic carbocycles. The van der Waals surface area contributed by atoms with Crippen LogP contribution in [0.5, 0.6) is 0 Å². The maximum absolute atomic E-state index is 3.74. The highest BCUT2D eigenvalue weighted by atomic mass is 15.1. The molecule has 1 aliphatic heterocycles. The van der Waals surface area contributed by atoms with Crippen LogP contribution in [0.1, 0.15) is 79.6 Å². The van der Waals surface area contributed by atoms with Crippen LogP contribution in [-0.4, -0.2) is 36.6 Å². The molecule has 20 heavy (non-hydrogen) atoms. The van der Waals surface area contributed by atoms with E-state index in [9.17, 15) is 0 Å². The topological polar surface area (TPSA) is 15.3 Å². The van der Waals surface area contributed by atoms with Crippen molar-refractivity contribution >= 4 is 0 Å². The first-order valence-corrected chi connectivity index (χ1v) is 8.82. The summed E-state index contributed by atoms with van der Waals surface area (Å²) in [5.41, 5.74) is 0.645. The van der Waals surface area contributed by atoms with E-state index in [1.54, 1.807) is 0 Å². The molecule has 0 spiro atoms. The van der Waals surface area contributed by atoms with Crippen LogP contribution in [0.15, 0.2) is 0 Å². The highest BCUT2D eigenvalue weighted by molar-refractivity contribution is 4.84. The van der Waals surface area contributed by atoms with Gasteiger partial charge in [0.1, 0.15) is 0 Å². The fraction of sp³-hybridized carbons (Fsp3) is 1.00. The second-order valence-electron chi connectivity index (χ2n) is 8.21. The van der Waals surface area contributed by atoms with Crippen molar-refractivity contribution in [3.05, 3.63) is 0 Å². The normalized spacial score (nSPS) is 22.1. The van der Waals surface area contributed by atoms with Crippen LogP contribution in [0.3, 0.4) is 0 Å². The summed E-state index contributed by atoms with van der Waals surface area (Å²) in [6.45, 7) is 16.7. The average Bonchev–Trinajstić information content (AvgIpc) is 2.30. The standard InChI is InChI=1S/C18H38N2/c1-6-12-18(5,15-19-17(2,3)4)16-20-13-10-8-7-9-11-14-20/h19H,6-16H2,1-5H3. The summed E-state index contributed by atoms with van der Waals surface area (Å²) in [6.07, 6.45) is 9.72. The molecule has 1 atom stereocenters. The van der Waals surface area contributed by atoms with Gasteiger partial charge in [-0.25, -0.2) is 0 Å². The average molecular weight is 283 g/mol. The molecule has 1 aliphatic rings. The summed E-state index contributed by atoms with van der Waals surface area (Å²) in [7, 11) is 0. The highest BCUT2D eigenvalue weighted by Gasteiger charge is 2.28. The molecule has 1 saturated heterocycles. The van der Waals surface area contributed by atoms with Gasteiger partial charge in [0, 0.05) is 18.6 Å². The predicted octanol–water partition coefficient (Wildman–Crippen LogP) is 4.45. The van der Waals surface area contributed by atoms with E-state index in [1.807, 2.05) is 0 Å². The van der Waals surface area contributed by atoms with Crippen molar-refractivity contribution in [2.24, 2.45) is 5.41 Å². The van der Waals surface area contributed by atoms with Crippen molar-refractivity contribution < 1.29 is 0 Å². The lowest BCUT2D eigenvalue weighted by Gasteiger charge is -2.38. The van der Waals surface area contributed by atoms with Crippen molar-refractivity contribution in [2.45, 2.75) is 85.1 Å². The van der Waals surface area contributed by atoms with Crippen LogP contribution in [-0.2, 0) is 0 Å². The van der Waals surface area contributed by atoms with Gasteiger partial charge in [0.15, 0.2) is 0 Å². The minimum atomic E-state index is 0.227. The van der Waals surface area contributed by atoms with E-state index in [1.165, 1.54) is 64.6 Å². The number of nitrogens with zero attached hydrogens (tertiary/aromatic N) is 1. The molecule has 0 bridgehead atoms. The molecule has 2 nitrogen and oxygen atoms in total. The molecule has 1 rings (SSSR count). The molecule has 0 amide bonds. The molecule has 1 heterocycles. The number of rotatable bonds is 6. The second-order valence-corrected chi connectivity index (χ2v) is 8.21. The van der Waals surface area contributed by atoms with Gasteiger partial charge in [-0.05, 0) is 58.5 Å². The molecule has 0 aromatic heterocycles. The molecular weight excluding hydrogens is 244 g/mol. The van der Waals surface area contributed by atoms with Gasteiger partial charge < -0.3 is 10.2 Å². The summed E-state index contributed by atoms with van der Waals surface area (Å²) in [6, 6.07) is 0. The van der Waals surface area contributed by atoms with E-state index < -0.39 is 0 Å². The van der Waals surface area contributed by atoms with Crippen LogP contribution < -0.4 is 5.32 Å². The maximum atomic E-state index is 3.74. The van der Waals surface area contributed by atoms with Gasteiger partial charge in [-0.1, -0.05) is 39.5 Å². The molecular formula is C18H38N2. The van der Waals surface area contributed by atoms with Crippen LogP contribution in [0.25, 0.3) is 0 Å². The quantitative estimate of drug-likeness (QED) is 0.774. The first-order valence-electron chi connectivity index (χ1n) is 8.82. The summed E-state index contributed by atoms with van der Waals surface area (Å²) in [5, 5.41) is 3.74. The minimum Gasteiger partial charge on any atom is -0.311 e. The first-order chi connectivity index (χ1) is 9.35. The summed E-state index contributed by atoms with van der Waals surface area (Å²) in [5.74, 6) is 0. The monoisotopic (exact) mass is 282 g/mol. The number of nitrogens with one attached hydrogen (secondary N) is 1. The zero-order valence-corrected chi connectivity index (χ0v) is 14.7. The lowest BCUT2D eigenvalue weighted by Crippen LogP contribution is -2.48. The van der Waals surface area contributed by atoms with Gasteiger partial charge in [0.2, 0.25) is 0 Å². The smallest absolute Gasteiger partial charge is 0.00967 e.